The van der Waals surface area contributed by atoms with Crippen LogP contribution < -0.4 is 51.4 Å². The van der Waals surface area contributed by atoms with E-state index in [1.165, 1.54) is 38.2 Å². The fourth-order valence-electron chi connectivity index (χ4n) is 3.07. The van der Waals surface area contributed by atoms with Gasteiger partial charge in [0.05, 0.1) is 4.90 Å². The summed E-state index contributed by atoms with van der Waals surface area (Å²) in [5, 5.41) is 1.87. The van der Waals surface area contributed by atoms with Gasteiger partial charge in [0.1, 0.15) is 10.1 Å². The van der Waals surface area contributed by atoms with Crippen LogP contribution in [0.3, 0.4) is 0 Å². The van der Waals surface area contributed by atoms with Gasteiger partial charge in [0.25, 0.3) is 0 Å². The third kappa shape index (κ3) is 6.52. The number of hydrogen-bond donors (Lipinski definition) is 0. The maximum Gasteiger partial charge on any atom is 1.00 e. The molecule has 0 heterocycles. The van der Waals surface area contributed by atoms with E-state index in [2.05, 4.69) is 6.92 Å². The van der Waals surface area contributed by atoms with Crippen molar-refractivity contribution >= 4 is 20.9 Å². The fraction of sp³-hybridized carbons (Fsp3) is 0.474. The van der Waals surface area contributed by atoms with Gasteiger partial charge in [-0.1, -0.05) is 75.8 Å². The largest absolute Gasteiger partial charge is 1.00 e. The number of unbranched alkanes of at least 4 members (excludes halogenated alkanes) is 6. The SMILES string of the molecule is CCCCCCCCCc1c(S(=O)(=O)[O-])ccc2ccccc12.[K+]. The molecule has 0 aliphatic carbocycles. The first-order valence-corrected chi connectivity index (χ1v) is 9.91. The van der Waals surface area contributed by atoms with Crippen LogP contribution in [-0.2, 0) is 16.5 Å². The van der Waals surface area contributed by atoms with Crippen LogP contribution >= 0.6 is 0 Å². The number of aryl methyl sites for hydroxylation is 1. The molecular weight excluding hydrogens is 347 g/mol. The monoisotopic (exact) mass is 372 g/mol. The molecule has 24 heavy (non-hydrogen) atoms. The van der Waals surface area contributed by atoms with E-state index in [9.17, 15) is 13.0 Å². The van der Waals surface area contributed by atoms with E-state index in [-0.39, 0.29) is 56.3 Å². The van der Waals surface area contributed by atoms with Crippen molar-refractivity contribution in [1.29, 1.82) is 0 Å². The Morgan fingerprint density at radius 3 is 2.17 bits per heavy atom. The predicted molar refractivity (Wildman–Crippen MR) is 93.6 cm³/mol. The van der Waals surface area contributed by atoms with Crippen LogP contribution in [0, 0.1) is 0 Å². The van der Waals surface area contributed by atoms with Gasteiger partial charge in [-0.3, -0.25) is 0 Å². The van der Waals surface area contributed by atoms with Gasteiger partial charge in [0, 0.05) is 0 Å². The molecule has 0 fully saturated rings. The van der Waals surface area contributed by atoms with Gasteiger partial charge in [0.2, 0.25) is 0 Å². The summed E-state index contributed by atoms with van der Waals surface area (Å²) in [4.78, 5) is -0.0535. The summed E-state index contributed by atoms with van der Waals surface area (Å²) >= 11 is 0. The zero-order chi connectivity index (χ0) is 16.7. The van der Waals surface area contributed by atoms with Crippen molar-refractivity contribution in [2.75, 3.05) is 0 Å². The Kier molecular flexibility index (Phi) is 10.3. The molecule has 0 N–H and O–H groups in total. The molecular formula is C19H25KO3S. The van der Waals surface area contributed by atoms with Crippen molar-refractivity contribution in [3.8, 4) is 0 Å². The minimum atomic E-state index is -4.43. The Balaban J connectivity index is 0.00000288. The smallest absolute Gasteiger partial charge is 0.744 e. The standard InChI is InChI=1S/C19H26O3S.K/c1-2-3-4-5-6-7-8-13-18-17-12-10-9-11-16(17)14-15-19(18)23(20,21)22;/h9-12,14-15H,2-8,13H2,1H3,(H,20,21,22);/q;+1/p-1. The first kappa shape index (κ1) is 22.3. The third-order valence-corrected chi connectivity index (χ3v) is 5.22. The number of rotatable bonds is 9. The van der Waals surface area contributed by atoms with Crippen molar-refractivity contribution in [3.05, 3.63) is 42.0 Å². The van der Waals surface area contributed by atoms with E-state index in [4.69, 9.17) is 0 Å². The van der Waals surface area contributed by atoms with E-state index in [0.717, 1.165) is 23.6 Å². The molecule has 0 saturated carbocycles. The van der Waals surface area contributed by atoms with Crippen molar-refractivity contribution < 1.29 is 64.4 Å². The summed E-state index contributed by atoms with van der Waals surface area (Å²) in [5.41, 5.74) is 0.687. The van der Waals surface area contributed by atoms with Crippen molar-refractivity contribution in [1.82, 2.24) is 0 Å². The molecule has 0 spiro atoms. The average molecular weight is 373 g/mol. The van der Waals surface area contributed by atoms with E-state index < -0.39 is 10.1 Å². The zero-order valence-electron chi connectivity index (χ0n) is 14.8. The molecule has 126 valence electrons. The maximum atomic E-state index is 11.5. The first-order chi connectivity index (χ1) is 11.0. The topological polar surface area (TPSA) is 57.2 Å². The summed E-state index contributed by atoms with van der Waals surface area (Å²) in [6, 6.07) is 10.8. The molecule has 3 nitrogen and oxygen atoms in total. The van der Waals surface area contributed by atoms with Crippen molar-refractivity contribution in [2.24, 2.45) is 0 Å². The second-order valence-corrected chi connectivity index (χ2v) is 7.44. The van der Waals surface area contributed by atoms with Gasteiger partial charge in [0.15, 0.2) is 0 Å². The maximum absolute atomic E-state index is 11.5. The second-order valence-electron chi connectivity index (χ2n) is 6.09. The average Bonchev–Trinajstić information content (AvgIpc) is 2.53. The quantitative estimate of drug-likeness (QED) is 0.384. The summed E-state index contributed by atoms with van der Waals surface area (Å²) in [6.45, 7) is 2.20. The van der Waals surface area contributed by atoms with Crippen molar-refractivity contribution in [2.45, 2.75) is 63.2 Å². The normalized spacial score (nSPS) is 11.4. The Bertz CT molecular complexity index is 741. The van der Waals surface area contributed by atoms with Gasteiger partial charge in [-0.05, 0) is 35.2 Å². The van der Waals surface area contributed by atoms with Crippen LogP contribution in [0.1, 0.15) is 57.4 Å². The minimum absolute atomic E-state index is 0. The summed E-state index contributed by atoms with van der Waals surface area (Å²) in [5.74, 6) is 0. The Morgan fingerprint density at radius 1 is 0.875 bits per heavy atom. The van der Waals surface area contributed by atoms with Crippen molar-refractivity contribution in [3.63, 3.8) is 0 Å². The Labute approximate surface area is 188 Å². The second kappa shape index (κ2) is 11.1. The van der Waals surface area contributed by atoms with Crippen LogP contribution in [0.25, 0.3) is 10.8 Å². The van der Waals surface area contributed by atoms with Crippen LogP contribution in [0.5, 0.6) is 0 Å². The number of benzene rings is 2. The molecule has 2 aromatic rings. The van der Waals surface area contributed by atoms with E-state index in [0.29, 0.717) is 12.0 Å². The molecule has 0 bridgehead atoms. The molecule has 0 aromatic heterocycles. The fourth-order valence-corrected chi connectivity index (χ4v) is 3.82. The van der Waals surface area contributed by atoms with Gasteiger partial charge >= 0.3 is 51.4 Å². The summed E-state index contributed by atoms with van der Waals surface area (Å²) in [6.07, 6.45) is 8.83. The molecule has 0 radical (unpaired) electrons. The Hall–Kier alpha value is 0.246. The third-order valence-electron chi connectivity index (χ3n) is 4.30. The predicted octanol–water partition coefficient (Wildman–Crippen LogP) is 2.04. The van der Waals surface area contributed by atoms with Crippen LogP contribution in [0.2, 0.25) is 0 Å². The van der Waals surface area contributed by atoms with Gasteiger partial charge in [-0.25, -0.2) is 8.42 Å². The molecule has 0 amide bonds. The molecule has 5 heteroatoms. The first-order valence-electron chi connectivity index (χ1n) is 8.50. The van der Waals surface area contributed by atoms with Crippen LogP contribution in [0.15, 0.2) is 41.3 Å². The summed E-state index contributed by atoms with van der Waals surface area (Å²) < 4.78 is 34.6. The molecule has 2 rings (SSSR count). The zero-order valence-corrected chi connectivity index (χ0v) is 18.7. The minimum Gasteiger partial charge on any atom is -0.744 e. The number of hydrogen-bond acceptors (Lipinski definition) is 3. The van der Waals surface area contributed by atoms with E-state index in [1.54, 1.807) is 6.07 Å². The van der Waals surface area contributed by atoms with Crippen LogP contribution in [-0.4, -0.2) is 13.0 Å². The number of fused-ring (bicyclic) bond motifs is 1. The van der Waals surface area contributed by atoms with E-state index in [1.807, 2.05) is 24.3 Å². The molecule has 0 aliphatic heterocycles. The van der Waals surface area contributed by atoms with Crippen LogP contribution in [0.4, 0.5) is 0 Å². The van der Waals surface area contributed by atoms with Gasteiger partial charge in [-0.2, -0.15) is 0 Å². The van der Waals surface area contributed by atoms with Gasteiger partial charge < -0.3 is 4.55 Å². The molecule has 0 aliphatic rings. The Morgan fingerprint density at radius 2 is 1.50 bits per heavy atom. The van der Waals surface area contributed by atoms with E-state index >= 15 is 0 Å². The van der Waals surface area contributed by atoms with Gasteiger partial charge in [-0.15, -0.1) is 0 Å². The summed E-state index contributed by atoms with van der Waals surface area (Å²) in [7, 11) is -4.43. The molecule has 0 saturated heterocycles. The molecule has 0 atom stereocenters. The molecule has 0 unspecified atom stereocenters. The molecule has 2 aromatic carbocycles.